The van der Waals surface area contributed by atoms with Gasteiger partial charge in [0.1, 0.15) is 0 Å². The number of aromatic carboxylic acids is 2. The fraction of sp³-hybridized carbons (Fsp3) is 0.576. The van der Waals surface area contributed by atoms with Gasteiger partial charge in [-0.2, -0.15) is 0 Å². The molecule has 3 unspecified atom stereocenters. The molecule has 39 heavy (non-hydrogen) atoms. The Hall–Kier alpha value is -2.70. The number of aliphatic hydroxyl groups excluding tert-OH is 2. The number of carboxylic acid groups (broad SMARTS) is 2. The van der Waals surface area contributed by atoms with Crippen molar-refractivity contribution in [3.05, 3.63) is 70.8 Å². The zero-order valence-electron chi connectivity index (χ0n) is 25.7. The van der Waals surface area contributed by atoms with Crippen LogP contribution in [0.4, 0.5) is 0 Å². The van der Waals surface area contributed by atoms with E-state index in [1.54, 1.807) is 24.3 Å². The average Bonchev–Trinajstić information content (AvgIpc) is 2.87. The largest absolute Gasteiger partial charge is 0.478 e. The average molecular weight is 545 g/mol. The van der Waals surface area contributed by atoms with Crippen molar-refractivity contribution >= 4 is 11.9 Å². The standard InChI is InChI=1S/2C11H14O2.C11H24O2/c2*1-11(2,3)9-6-4-8(5-7-9)10(12)13;1-5-8-10(13)11(4,7-3)9(12)6-2/h2*4-7H,1-3H3,(H,12,13);9-10,12-13H,5-8H2,1-4H3. The minimum Gasteiger partial charge on any atom is -0.478 e. The highest BCUT2D eigenvalue weighted by Gasteiger charge is 2.36. The molecule has 0 aliphatic heterocycles. The van der Waals surface area contributed by atoms with Crippen LogP contribution < -0.4 is 0 Å². The molecule has 0 heterocycles. The van der Waals surface area contributed by atoms with Gasteiger partial charge in [0, 0.05) is 5.41 Å². The monoisotopic (exact) mass is 544 g/mol. The molecule has 2 aromatic rings. The Labute approximate surface area is 236 Å². The number of carboxylic acids is 2. The predicted molar refractivity (Wildman–Crippen MR) is 160 cm³/mol. The Balaban J connectivity index is 0.000000555. The van der Waals surface area contributed by atoms with E-state index < -0.39 is 11.9 Å². The van der Waals surface area contributed by atoms with Crippen molar-refractivity contribution in [2.75, 3.05) is 0 Å². The molecule has 3 atom stereocenters. The molecule has 6 heteroatoms. The molecule has 2 aromatic carbocycles. The SMILES string of the molecule is CC(C)(C)c1ccc(C(=O)O)cc1.CC(C)(C)c1ccc(C(=O)O)cc1.CCCC(O)C(C)(CC)C(O)CC. The lowest BCUT2D eigenvalue weighted by Gasteiger charge is -2.37. The maximum absolute atomic E-state index is 10.6. The van der Waals surface area contributed by atoms with Crippen LogP contribution in [-0.2, 0) is 10.8 Å². The zero-order chi connectivity index (χ0) is 30.6. The third-order valence-electron chi connectivity index (χ3n) is 7.23. The first-order valence-electron chi connectivity index (χ1n) is 13.9. The van der Waals surface area contributed by atoms with E-state index >= 15 is 0 Å². The Morgan fingerprint density at radius 3 is 1.18 bits per heavy atom. The molecule has 0 aliphatic carbocycles. The Kier molecular flexibility index (Phi) is 14.7. The molecule has 220 valence electrons. The van der Waals surface area contributed by atoms with E-state index in [1.165, 1.54) is 0 Å². The van der Waals surface area contributed by atoms with Crippen LogP contribution in [0.2, 0.25) is 0 Å². The lowest BCUT2D eigenvalue weighted by Crippen LogP contribution is -2.42. The van der Waals surface area contributed by atoms with Gasteiger partial charge in [-0.1, -0.05) is 99.9 Å². The molecule has 4 N–H and O–H groups in total. The molecule has 0 bridgehead atoms. The highest BCUT2D eigenvalue weighted by atomic mass is 16.4. The summed E-state index contributed by atoms with van der Waals surface area (Å²) < 4.78 is 0. The number of hydrogen-bond donors (Lipinski definition) is 4. The van der Waals surface area contributed by atoms with Crippen molar-refractivity contribution in [3.8, 4) is 0 Å². The minimum atomic E-state index is -0.875. The summed E-state index contributed by atoms with van der Waals surface area (Å²) in [7, 11) is 0. The summed E-state index contributed by atoms with van der Waals surface area (Å²) in [5.41, 5.74) is 2.81. The van der Waals surface area contributed by atoms with E-state index in [1.807, 2.05) is 45.0 Å². The molecule has 0 aliphatic rings. The third kappa shape index (κ3) is 11.9. The molecular weight excluding hydrogens is 492 g/mol. The normalized spacial score (nSPS) is 14.5. The number of aliphatic hydroxyl groups is 2. The van der Waals surface area contributed by atoms with Crippen LogP contribution in [0.15, 0.2) is 48.5 Å². The summed E-state index contributed by atoms with van der Waals surface area (Å²) in [5, 5.41) is 37.1. The van der Waals surface area contributed by atoms with E-state index in [2.05, 4.69) is 48.5 Å². The van der Waals surface area contributed by atoms with E-state index in [-0.39, 0.29) is 28.5 Å². The second-order valence-electron chi connectivity index (χ2n) is 12.4. The zero-order valence-corrected chi connectivity index (χ0v) is 25.7. The lowest BCUT2D eigenvalue weighted by atomic mass is 9.74. The summed E-state index contributed by atoms with van der Waals surface area (Å²) in [6.07, 6.45) is 2.51. The quantitative estimate of drug-likeness (QED) is 0.271. The Bertz CT molecular complexity index is 929. The maximum Gasteiger partial charge on any atom is 0.335 e. The van der Waals surface area contributed by atoms with Gasteiger partial charge in [0.15, 0.2) is 0 Å². The van der Waals surface area contributed by atoms with Crippen molar-refractivity contribution in [1.29, 1.82) is 0 Å². The second-order valence-corrected chi connectivity index (χ2v) is 12.4. The number of hydrogen-bond acceptors (Lipinski definition) is 4. The van der Waals surface area contributed by atoms with Gasteiger partial charge in [-0.3, -0.25) is 0 Å². The van der Waals surface area contributed by atoms with Gasteiger partial charge in [-0.05, 0) is 65.5 Å². The van der Waals surface area contributed by atoms with Crippen LogP contribution in [0.3, 0.4) is 0 Å². The van der Waals surface area contributed by atoms with Crippen molar-refractivity contribution in [1.82, 2.24) is 0 Å². The fourth-order valence-electron chi connectivity index (χ4n) is 3.99. The molecule has 0 radical (unpaired) electrons. The number of benzene rings is 2. The van der Waals surface area contributed by atoms with Crippen LogP contribution in [0, 0.1) is 5.41 Å². The van der Waals surface area contributed by atoms with Crippen molar-refractivity contribution in [2.45, 2.75) is 118 Å². The molecule has 0 amide bonds. The molecule has 0 saturated heterocycles. The molecule has 0 saturated carbocycles. The molecular formula is C33H52O6. The highest BCUT2D eigenvalue weighted by Crippen LogP contribution is 2.34. The first-order valence-corrected chi connectivity index (χ1v) is 13.9. The van der Waals surface area contributed by atoms with Crippen LogP contribution in [-0.4, -0.2) is 44.6 Å². The summed E-state index contributed by atoms with van der Waals surface area (Å²) in [6, 6.07) is 14.0. The van der Waals surface area contributed by atoms with Gasteiger partial charge in [0.25, 0.3) is 0 Å². The topological polar surface area (TPSA) is 115 Å². The van der Waals surface area contributed by atoms with Crippen molar-refractivity contribution < 1.29 is 30.0 Å². The molecule has 2 rings (SSSR count). The number of carbonyl (C=O) groups is 2. The van der Waals surface area contributed by atoms with E-state index in [4.69, 9.17) is 10.2 Å². The third-order valence-corrected chi connectivity index (χ3v) is 7.23. The summed E-state index contributed by atoms with van der Waals surface area (Å²) >= 11 is 0. The predicted octanol–water partition coefficient (Wildman–Crippen LogP) is 7.70. The minimum absolute atomic E-state index is 0.0804. The first-order chi connectivity index (χ1) is 17.8. The number of rotatable bonds is 8. The fourth-order valence-corrected chi connectivity index (χ4v) is 3.99. The van der Waals surface area contributed by atoms with Crippen LogP contribution in [0.1, 0.15) is 127 Å². The first kappa shape index (κ1) is 36.3. The highest BCUT2D eigenvalue weighted by molar-refractivity contribution is 5.88. The van der Waals surface area contributed by atoms with Gasteiger partial charge in [-0.25, -0.2) is 9.59 Å². The smallest absolute Gasteiger partial charge is 0.335 e. The van der Waals surface area contributed by atoms with Crippen molar-refractivity contribution in [3.63, 3.8) is 0 Å². The van der Waals surface area contributed by atoms with Gasteiger partial charge < -0.3 is 20.4 Å². The Morgan fingerprint density at radius 1 is 0.641 bits per heavy atom. The summed E-state index contributed by atoms with van der Waals surface area (Å²) in [6.45, 7) is 20.6. The molecule has 0 fully saturated rings. The second kappa shape index (κ2) is 15.8. The molecule has 6 nitrogen and oxygen atoms in total. The van der Waals surface area contributed by atoms with Gasteiger partial charge in [0.05, 0.1) is 23.3 Å². The van der Waals surface area contributed by atoms with Gasteiger partial charge in [-0.15, -0.1) is 0 Å². The molecule has 0 aromatic heterocycles. The maximum atomic E-state index is 10.6. The Morgan fingerprint density at radius 2 is 0.974 bits per heavy atom. The van der Waals surface area contributed by atoms with Gasteiger partial charge >= 0.3 is 11.9 Å². The van der Waals surface area contributed by atoms with Crippen LogP contribution >= 0.6 is 0 Å². The molecule has 0 spiro atoms. The summed E-state index contributed by atoms with van der Waals surface area (Å²) in [4.78, 5) is 21.1. The van der Waals surface area contributed by atoms with E-state index in [9.17, 15) is 19.8 Å². The van der Waals surface area contributed by atoms with E-state index in [0.717, 1.165) is 30.4 Å². The lowest BCUT2D eigenvalue weighted by molar-refractivity contribution is -0.0661. The van der Waals surface area contributed by atoms with Crippen LogP contribution in [0.5, 0.6) is 0 Å². The summed E-state index contributed by atoms with van der Waals surface area (Å²) in [5.74, 6) is -1.75. The van der Waals surface area contributed by atoms with Crippen LogP contribution in [0.25, 0.3) is 0 Å². The van der Waals surface area contributed by atoms with E-state index in [0.29, 0.717) is 17.5 Å². The van der Waals surface area contributed by atoms with Gasteiger partial charge in [0.2, 0.25) is 0 Å². The van der Waals surface area contributed by atoms with Crippen molar-refractivity contribution in [2.24, 2.45) is 5.41 Å².